The van der Waals surface area contributed by atoms with Crippen LogP contribution in [0, 0.1) is 29.6 Å². The summed E-state index contributed by atoms with van der Waals surface area (Å²) in [6.07, 6.45) is 14.4. The highest BCUT2D eigenvalue weighted by molar-refractivity contribution is 5.21. The molecule has 1 fully saturated rings. The van der Waals surface area contributed by atoms with Gasteiger partial charge in [-0.25, -0.2) is 0 Å². The minimum atomic E-state index is 0.871. The van der Waals surface area contributed by atoms with Crippen molar-refractivity contribution in [2.45, 2.75) is 93.4 Å². The number of hydrogen-bond acceptors (Lipinski definition) is 0. The maximum absolute atomic E-state index is 2.58. The Hall–Kier alpha value is -0.780. The largest absolute Gasteiger partial charge is 0.0845 e. The molecule has 0 aliphatic heterocycles. The van der Waals surface area contributed by atoms with Crippen LogP contribution >= 0.6 is 0 Å². The summed E-state index contributed by atoms with van der Waals surface area (Å²) in [7, 11) is 0. The minimum Gasteiger partial charge on any atom is -0.0845 e. The summed E-state index contributed by atoms with van der Waals surface area (Å²) < 4.78 is 0. The van der Waals surface area contributed by atoms with Crippen molar-refractivity contribution >= 4 is 0 Å². The van der Waals surface area contributed by atoms with Gasteiger partial charge in [0.25, 0.3) is 0 Å². The van der Waals surface area contributed by atoms with E-state index >= 15 is 0 Å². The lowest BCUT2D eigenvalue weighted by Gasteiger charge is -2.43. The Kier molecular flexibility index (Phi) is 7.59. The van der Waals surface area contributed by atoms with Gasteiger partial charge in [-0.3, -0.25) is 0 Å². The van der Waals surface area contributed by atoms with Crippen molar-refractivity contribution in [1.82, 2.24) is 0 Å². The van der Waals surface area contributed by atoms with E-state index in [9.17, 15) is 0 Å². The van der Waals surface area contributed by atoms with Crippen LogP contribution < -0.4 is 0 Å². The van der Waals surface area contributed by atoms with Crippen LogP contribution in [0.5, 0.6) is 0 Å². The smallest absolute Gasteiger partial charge is 0.0134 e. The standard InChI is InChI=1S/C15H26.C10H16/c1-10(2)13-8-6-12(4)14-7-5-11(3)9-15(13)14;1-8(2)10-6-4-9(3)5-7-10/h7,10-13,15H,5-6,8-9H2,1-4H3;4H,5-7H2,1-3H3/t11-,12-,13-,15-;/m0./s1. The summed E-state index contributed by atoms with van der Waals surface area (Å²) in [6.45, 7) is 16.3. The zero-order chi connectivity index (χ0) is 18.6. The van der Waals surface area contributed by atoms with Gasteiger partial charge in [-0.05, 0) is 95.3 Å². The maximum Gasteiger partial charge on any atom is -0.0134 e. The Morgan fingerprint density at radius 1 is 1.04 bits per heavy atom. The minimum absolute atomic E-state index is 0.871. The molecule has 4 atom stereocenters. The number of allylic oxidation sites excluding steroid dienone is 6. The molecule has 0 spiro atoms. The van der Waals surface area contributed by atoms with Gasteiger partial charge in [0.2, 0.25) is 0 Å². The van der Waals surface area contributed by atoms with Crippen molar-refractivity contribution in [3.63, 3.8) is 0 Å². The zero-order valence-electron chi connectivity index (χ0n) is 18.0. The van der Waals surface area contributed by atoms with Crippen molar-refractivity contribution in [3.8, 4) is 0 Å². The first-order valence-corrected chi connectivity index (χ1v) is 10.8. The molecule has 3 aliphatic carbocycles. The monoisotopic (exact) mass is 342 g/mol. The van der Waals surface area contributed by atoms with Crippen LogP contribution in [0.3, 0.4) is 0 Å². The molecule has 3 aliphatic rings. The second-order valence-electron chi connectivity index (χ2n) is 9.63. The molecular formula is C25H42. The van der Waals surface area contributed by atoms with Gasteiger partial charge < -0.3 is 0 Å². The molecule has 0 aromatic carbocycles. The number of hydrogen-bond donors (Lipinski definition) is 0. The van der Waals surface area contributed by atoms with Crippen LogP contribution in [-0.2, 0) is 0 Å². The fraction of sp³-hybridized carbons (Fsp3) is 0.760. The lowest BCUT2D eigenvalue weighted by atomic mass is 9.62. The summed E-state index contributed by atoms with van der Waals surface area (Å²) in [6, 6.07) is 0. The molecule has 25 heavy (non-hydrogen) atoms. The lowest BCUT2D eigenvalue weighted by Crippen LogP contribution is -2.33. The van der Waals surface area contributed by atoms with E-state index in [2.05, 4.69) is 60.6 Å². The van der Waals surface area contributed by atoms with E-state index in [-0.39, 0.29) is 0 Å². The van der Waals surface area contributed by atoms with E-state index in [0.717, 1.165) is 29.6 Å². The average molecular weight is 343 g/mol. The van der Waals surface area contributed by atoms with Gasteiger partial charge in [-0.2, -0.15) is 0 Å². The van der Waals surface area contributed by atoms with Crippen molar-refractivity contribution in [1.29, 1.82) is 0 Å². The fourth-order valence-electron chi connectivity index (χ4n) is 5.06. The number of rotatable bonds is 1. The first-order valence-electron chi connectivity index (χ1n) is 10.8. The topological polar surface area (TPSA) is 0 Å². The van der Waals surface area contributed by atoms with Gasteiger partial charge in [0, 0.05) is 0 Å². The first kappa shape index (κ1) is 20.5. The van der Waals surface area contributed by atoms with E-state index < -0.39 is 0 Å². The molecule has 3 rings (SSSR count). The Bertz CT molecular complexity index is 524. The van der Waals surface area contributed by atoms with Crippen LogP contribution in [-0.4, -0.2) is 0 Å². The highest BCUT2D eigenvalue weighted by atomic mass is 14.4. The van der Waals surface area contributed by atoms with Crippen LogP contribution in [0.25, 0.3) is 0 Å². The van der Waals surface area contributed by atoms with Gasteiger partial charge in [-0.1, -0.05) is 62.1 Å². The van der Waals surface area contributed by atoms with E-state index in [0.29, 0.717) is 0 Å². The summed E-state index contributed by atoms with van der Waals surface area (Å²) in [5.74, 6) is 4.56. The van der Waals surface area contributed by atoms with Crippen LogP contribution in [0.4, 0.5) is 0 Å². The molecule has 0 amide bonds. The number of fused-ring (bicyclic) bond motifs is 1. The predicted octanol–water partition coefficient (Wildman–Crippen LogP) is 8.11. The molecule has 0 unspecified atom stereocenters. The molecular weight excluding hydrogens is 300 g/mol. The first-order chi connectivity index (χ1) is 11.8. The average Bonchev–Trinajstić information content (AvgIpc) is 2.55. The molecule has 0 nitrogen and oxygen atoms in total. The molecule has 0 aromatic rings. The van der Waals surface area contributed by atoms with Crippen molar-refractivity contribution in [2.75, 3.05) is 0 Å². The van der Waals surface area contributed by atoms with Crippen LogP contribution in [0.1, 0.15) is 93.4 Å². The molecule has 1 saturated carbocycles. The third kappa shape index (κ3) is 5.60. The Balaban J connectivity index is 0.000000196. The Labute approximate surface area is 157 Å². The lowest BCUT2D eigenvalue weighted by molar-refractivity contribution is 0.169. The summed E-state index contributed by atoms with van der Waals surface area (Å²) in [5.41, 5.74) is 6.54. The SMILES string of the molecule is CC(C)[C@@H]1CC[C@H](C)C2=CC[C@H](C)C[C@H]21.CC1=CCC(=C(C)C)CC1. The van der Waals surface area contributed by atoms with E-state index in [1.54, 1.807) is 11.1 Å². The quantitative estimate of drug-likeness (QED) is 0.422. The van der Waals surface area contributed by atoms with Crippen molar-refractivity contribution in [2.24, 2.45) is 29.6 Å². The molecule has 0 N–H and O–H groups in total. The molecule has 0 heterocycles. The fourth-order valence-corrected chi connectivity index (χ4v) is 5.06. The molecule has 0 heteroatoms. The van der Waals surface area contributed by atoms with Crippen LogP contribution in [0.2, 0.25) is 0 Å². The van der Waals surface area contributed by atoms with Crippen molar-refractivity contribution < 1.29 is 0 Å². The van der Waals surface area contributed by atoms with Crippen LogP contribution in [0.15, 0.2) is 34.4 Å². The molecule has 0 saturated heterocycles. The second-order valence-corrected chi connectivity index (χ2v) is 9.63. The van der Waals surface area contributed by atoms with Gasteiger partial charge in [-0.15, -0.1) is 0 Å². The van der Waals surface area contributed by atoms with Gasteiger partial charge in [0.15, 0.2) is 0 Å². The van der Waals surface area contributed by atoms with Gasteiger partial charge >= 0.3 is 0 Å². The summed E-state index contributed by atoms with van der Waals surface area (Å²) >= 11 is 0. The normalized spacial score (nSPS) is 32.2. The van der Waals surface area contributed by atoms with Gasteiger partial charge in [0.1, 0.15) is 0 Å². The Morgan fingerprint density at radius 3 is 2.32 bits per heavy atom. The molecule has 0 aromatic heterocycles. The predicted molar refractivity (Wildman–Crippen MR) is 113 cm³/mol. The third-order valence-corrected chi connectivity index (χ3v) is 6.94. The van der Waals surface area contributed by atoms with Gasteiger partial charge in [0.05, 0.1) is 0 Å². The third-order valence-electron chi connectivity index (χ3n) is 6.94. The summed E-state index contributed by atoms with van der Waals surface area (Å²) in [5, 5.41) is 0. The van der Waals surface area contributed by atoms with E-state index in [1.165, 1.54) is 50.5 Å². The highest BCUT2D eigenvalue weighted by Crippen LogP contribution is 2.47. The Morgan fingerprint density at radius 2 is 1.76 bits per heavy atom. The maximum atomic E-state index is 2.58. The molecule has 0 bridgehead atoms. The second kappa shape index (κ2) is 9.24. The van der Waals surface area contributed by atoms with Crippen molar-refractivity contribution in [3.05, 3.63) is 34.4 Å². The van der Waals surface area contributed by atoms with E-state index in [1.807, 2.05) is 5.57 Å². The zero-order valence-corrected chi connectivity index (χ0v) is 18.0. The van der Waals surface area contributed by atoms with E-state index in [4.69, 9.17) is 0 Å². The molecule has 142 valence electrons. The summed E-state index contributed by atoms with van der Waals surface area (Å²) in [4.78, 5) is 0. The highest BCUT2D eigenvalue weighted by Gasteiger charge is 2.36. The molecule has 0 radical (unpaired) electrons.